The Kier molecular flexibility index (Phi) is 3.00. The molecular weight excluding hydrogens is 158 g/mol. The van der Waals surface area contributed by atoms with Gasteiger partial charge in [-0.25, -0.2) is 0 Å². The van der Waals surface area contributed by atoms with Crippen LogP contribution in [0.4, 0.5) is 0 Å². The second kappa shape index (κ2) is 3.81. The third-order valence-corrected chi connectivity index (χ3v) is 2.85. The van der Waals surface area contributed by atoms with Crippen molar-refractivity contribution in [3.8, 4) is 0 Å². The van der Waals surface area contributed by atoms with Gasteiger partial charge in [0.1, 0.15) is 0 Å². The van der Waals surface area contributed by atoms with Gasteiger partial charge >= 0.3 is 0 Å². The summed E-state index contributed by atoms with van der Waals surface area (Å²) in [6, 6.07) is 0. The quantitative estimate of drug-likeness (QED) is 0.364. The number of β-lactam (4-membered cyclic amide) rings is 1. The Balaban J connectivity index is 2.21. The number of hydrogen-bond acceptors (Lipinski definition) is 2. The Morgan fingerprint density at radius 1 is 1.91 bits per heavy atom. The standard InChI is InChI=1S/C8H13NOS/c1-3-5-11-9-6-7(4-2)8(9)10/h3,7H,1,4-6H2,2H3. The van der Waals surface area contributed by atoms with E-state index >= 15 is 0 Å². The van der Waals surface area contributed by atoms with E-state index in [1.54, 1.807) is 11.9 Å². The molecule has 1 saturated heterocycles. The maximum atomic E-state index is 11.2. The highest BCUT2D eigenvalue weighted by Gasteiger charge is 2.34. The fraction of sp³-hybridized carbons (Fsp3) is 0.625. The number of carbonyl (C=O) groups excluding carboxylic acids is 1. The van der Waals surface area contributed by atoms with Crippen molar-refractivity contribution < 1.29 is 4.79 Å². The first-order valence-electron chi connectivity index (χ1n) is 3.84. The maximum absolute atomic E-state index is 11.2. The first-order chi connectivity index (χ1) is 5.29. The minimum absolute atomic E-state index is 0.291. The van der Waals surface area contributed by atoms with Crippen molar-refractivity contribution in [2.75, 3.05) is 12.3 Å². The molecule has 1 atom stereocenters. The van der Waals surface area contributed by atoms with E-state index in [9.17, 15) is 4.79 Å². The van der Waals surface area contributed by atoms with E-state index < -0.39 is 0 Å². The molecule has 0 N–H and O–H groups in total. The smallest absolute Gasteiger partial charge is 0.237 e. The van der Waals surface area contributed by atoms with Crippen molar-refractivity contribution >= 4 is 17.9 Å². The Morgan fingerprint density at radius 2 is 2.64 bits per heavy atom. The van der Waals surface area contributed by atoms with Crippen LogP contribution in [0.5, 0.6) is 0 Å². The lowest BCUT2D eigenvalue weighted by Crippen LogP contribution is -2.47. The molecule has 0 spiro atoms. The molecule has 0 aliphatic carbocycles. The molecule has 0 saturated carbocycles. The summed E-state index contributed by atoms with van der Waals surface area (Å²) in [4.78, 5) is 11.2. The van der Waals surface area contributed by atoms with Crippen LogP contribution in [0.15, 0.2) is 12.7 Å². The van der Waals surface area contributed by atoms with Crippen LogP contribution in [0, 0.1) is 5.92 Å². The lowest BCUT2D eigenvalue weighted by atomic mass is 9.99. The minimum atomic E-state index is 0.291. The average Bonchev–Trinajstić information content (AvgIpc) is 2.03. The van der Waals surface area contributed by atoms with E-state index in [1.807, 2.05) is 10.4 Å². The van der Waals surface area contributed by atoms with Gasteiger partial charge in [0, 0.05) is 12.3 Å². The minimum Gasteiger partial charge on any atom is -0.285 e. The molecule has 1 amide bonds. The average molecular weight is 171 g/mol. The fourth-order valence-corrected chi connectivity index (χ4v) is 1.87. The van der Waals surface area contributed by atoms with Crippen LogP contribution < -0.4 is 0 Å². The molecule has 0 aromatic rings. The molecule has 62 valence electrons. The largest absolute Gasteiger partial charge is 0.285 e. The van der Waals surface area contributed by atoms with Crippen molar-refractivity contribution in [2.45, 2.75) is 13.3 Å². The molecule has 1 fully saturated rings. The summed E-state index contributed by atoms with van der Waals surface area (Å²) < 4.78 is 1.82. The summed E-state index contributed by atoms with van der Waals surface area (Å²) >= 11 is 1.56. The van der Waals surface area contributed by atoms with Gasteiger partial charge in [-0.1, -0.05) is 13.0 Å². The number of carbonyl (C=O) groups is 1. The molecule has 11 heavy (non-hydrogen) atoms. The Bertz CT molecular complexity index is 169. The summed E-state index contributed by atoms with van der Waals surface area (Å²) in [5.74, 6) is 1.42. The van der Waals surface area contributed by atoms with E-state index in [0.717, 1.165) is 18.7 Å². The number of rotatable bonds is 4. The summed E-state index contributed by atoms with van der Waals surface area (Å²) in [6.45, 7) is 6.57. The van der Waals surface area contributed by atoms with Crippen molar-refractivity contribution in [1.29, 1.82) is 0 Å². The van der Waals surface area contributed by atoms with E-state index in [0.29, 0.717) is 11.8 Å². The highest BCUT2D eigenvalue weighted by Crippen LogP contribution is 2.27. The predicted octanol–water partition coefficient (Wildman–Crippen LogP) is 1.69. The fourth-order valence-electron chi connectivity index (χ4n) is 1.02. The molecule has 1 aliphatic heterocycles. The predicted molar refractivity (Wildman–Crippen MR) is 48.1 cm³/mol. The van der Waals surface area contributed by atoms with E-state index in [2.05, 4.69) is 13.5 Å². The van der Waals surface area contributed by atoms with Crippen LogP contribution in [-0.2, 0) is 4.79 Å². The summed E-state index contributed by atoms with van der Waals surface area (Å²) in [7, 11) is 0. The van der Waals surface area contributed by atoms with Crippen molar-refractivity contribution in [3.05, 3.63) is 12.7 Å². The maximum Gasteiger partial charge on any atom is 0.237 e. The van der Waals surface area contributed by atoms with Crippen LogP contribution in [0.3, 0.4) is 0 Å². The van der Waals surface area contributed by atoms with Crippen LogP contribution in [0.25, 0.3) is 0 Å². The van der Waals surface area contributed by atoms with Crippen LogP contribution in [-0.4, -0.2) is 22.5 Å². The molecule has 1 aliphatic rings. The third kappa shape index (κ3) is 1.77. The molecular formula is C8H13NOS. The lowest BCUT2D eigenvalue weighted by Gasteiger charge is -2.36. The van der Waals surface area contributed by atoms with Gasteiger partial charge in [0.2, 0.25) is 5.91 Å². The van der Waals surface area contributed by atoms with Crippen molar-refractivity contribution in [3.63, 3.8) is 0 Å². The second-order valence-electron chi connectivity index (χ2n) is 2.59. The normalized spacial score (nSPS) is 23.2. The van der Waals surface area contributed by atoms with Gasteiger partial charge in [0.15, 0.2) is 0 Å². The zero-order chi connectivity index (χ0) is 8.27. The summed E-state index contributed by atoms with van der Waals surface area (Å²) in [5, 5.41) is 0. The van der Waals surface area contributed by atoms with Gasteiger partial charge in [0.25, 0.3) is 0 Å². The highest BCUT2D eigenvalue weighted by atomic mass is 32.2. The number of hydrogen-bond donors (Lipinski definition) is 0. The third-order valence-electron chi connectivity index (χ3n) is 1.82. The van der Waals surface area contributed by atoms with Crippen LogP contribution >= 0.6 is 11.9 Å². The summed E-state index contributed by atoms with van der Waals surface area (Å²) in [5.41, 5.74) is 0. The van der Waals surface area contributed by atoms with Gasteiger partial charge in [0.05, 0.1) is 5.92 Å². The Hall–Kier alpha value is -0.440. The monoisotopic (exact) mass is 171 g/mol. The van der Waals surface area contributed by atoms with Gasteiger partial charge in [-0.2, -0.15) is 0 Å². The zero-order valence-electron chi connectivity index (χ0n) is 6.75. The van der Waals surface area contributed by atoms with Gasteiger partial charge in [-0.3, -0.25) is 9.10 Å². The van der Waals surface area contributed by atoms with Gasteiger partial charge in [-0.15, -0.1) is 6.58 Å². The molecule has 0 radical (unpaired) electrons. The molecule has 1 unspecified atom stereocenters. The van der Waals surface area contributed by atoms with E-state index in [-0.39, 0.29) is 0 Å². The van der Waals surface area contributed by atoms with E-state index in [1.165, 1.54) is 0 Å². The molecule has 0 aromatic heterocycles. The molecule has 0 bridgehead atoms. The Morgan fingerprint density at radius 3 is 3.09 bits per heavy atom. The molecule has 0 aromatic carbocycles. The summed E-state index contributed by atoms with van der Waals surface area (Å²) in [6.07, 6.45) is 2.79. The van der Waals surface area contributed by atoms with Gasteiger partial charge in [-0.05, 0) is 18.4 Å². The lowest BCUT2D eigenvalue weighted by molar-refractivity contribution is -0.139. The second-order valence-corrected chi connectivity index (χ2v) is 3.62. The van der Waals surface area contributed by atoms with Crippen LogP contribution in [0.2, 0.25) is 0 Å². The molecule has 1 rings (SSSR count). The Labute approximate surface area is 71.8 Å². The molecule has 1 heterocycles. The highest BCUT2D eigenvalue weighted by molar-refractivity contribution is 7.97. The molecule has 2 nitrogen and oxygen atoms in total. The number of nitrogens with zero attached hydrogens (tertiary/aromatic N) is 1. The van der Waals surface area contributed by atoms with E-state index in [4.69, 9.17) is 0 Å². The van der Waals surface area contributed by atoms with Crippen LogP contribution in [0.1, 0.15) is 13.3 Å². The first-order valence-corrected chi connectivity index (χ1v) is 4.79. The SMILES string of the molecule is C=CCSN1CC(CC)C1=O. The van der Waals surface area contributed by atoms with Gasteiger partial charge < -0.3 is 0 Å². The van der Waals surface area contributed by atoms with Crippen molar-refractivity contribution in [1.82, 2.24) is 4.31 Å². The molecule has 3 heteroatoms. The topological polar surface area (TPSA) is 20.3 Å². The van der Waals surface area contributed by atoms with Crippen molar-refractivity contribution in [2.24, 2.45) is 5.92 Å². The zero-order valence-corrected chi connectivity index (χ0v) is 7.56. The first kappa shape index (κ1) is 8.65. The number of amides is 1.